The van der Waals surface area contributed by atoms with Crippen molar-refractivity contribution in [2.24, 2.45) is 0 Å². The Labute approximate surface area is 126 Å². The maximum absolute atomic E-state index is 12.5. The average molecular weight is 335 g/mol. The van der Waals surface area contributed by atoms with Crippen LogP contribution in [0.2, 0.25) is 0 Å². The molecule has 0 fully saturated rings. The van der Waals surface area contributed by atoms with Crippen LogP contribution in [0.15, 0.2) is 46.9 Å². The molecule has 4 nitrogen and oxygen atoms in total. The van der Waals surface area contributed by atoms with Crippen molar-refractivity contribution in [1.29, 1.82) is 0 Å². The minimum atomic E-state index is -0.133. The van der Waals surface area contributed by atoms with Gasteiger partial charge in [-0.25, -0.2) is 0 Å². The summed E-state index contributed by atoms with van der Waals surface area (Å²) in [6, 6.07) is 12.5. The quantitative estimate of drug-likeness (QED) is 0.876. The van der Waals surface area contributed by atoms with Crippen LogP contribution < -0.4 is 15.4 Å². The molecule has 20 heavy (non-hydrogen) atoms. The van der Waals surface area contributed by atoms with Crippen LogP contribution in [0.4, 0.5) is 11.4 Å². The average Bonchev–Trinajstić information content (AvgIpc) is 2.44. The Balaban J connectivity index is 2.31. The molecule has 0 aliphatic rings. The van der Waals surface area contributed by atoms with E-state index in [2.05, 4.69) is 15.9 Å². The summed E-state index contributed by atoms with van der Waals surface area (Å²) < 4.78 is 5.94. The predicted octanol–water partition coefficient (Wildman–Crippen LogP) is 3.32. The molecule has 104 valence electrons. The molecule has 0 aliphatic carbocycles. The van der Waals surface area contributed by atoms with Gasteiger partial charge in [0, 0.05) is 34.5 Å². The summed E-state index contributed by atoms with van der Waals surface area (Å²) in [5.74, 6) is 0.571. The molecule has 0 spiro atoms. The third-order valence-electron chi connectivity index (χ3n) is 2.91. The van der Waals surface area contributed by atoms with E-state index in [0.717, 1.165) is 10.2 Å². The lowest BCUT2D eigenvalue weighted by Crippen LogP contribution is -2.26. The standard InChI is InChI=1S/C15H15BrN2O2/c1-18(13-4-3-5-14(9-13)20-2)15(19)10-6-11(16)8-12(17)7-10/h3-9H,17H2,1-2H3. The van der Waals surface area contributed by atoms with Crippen LogP contribution >= 0.6 is 15.9 Å². The molecular weight excluding hydrogens is 320 g/mol. The van der Waals surface area contributed by atoms with E-state index in [-0.39, 0.29) is 5.91 Å². The molecule has 2 N–H and O–H groups in total. The molecule has 0 unspecified atom stereocenters. The molecule has 0 heterocycles. The lowest BCUT2D eigenvalue weighted by atomic mass is 10.1. The van der Waals surface area contributed by atoms with Crippen LogP contribution in [-0.2, 0) is 0 Å². The zero-order chi connectivity index (χ0) is 14.7. The maximum Gasteiger partial charge on any atom is 0.258 e. The molecule has 2 aromatic carbocycles. The number of benzene rings is 2. The van der Waals surface area contributed by atoms with Crippen molar-refractivity contribution < 1.29 is 9.53 Å². The molecule has 2 rings (SSSR count). The van der Waals surface area contributed by atoms with Crippen LogP contribution in [0.5, 0.6) is 5.75 Å². The normalized spacial score (nSPS) is 10.2. The first-order chi connectivity index (χ1) is 9.51. The number of hydrogen-bond donors (Lipinski definition) is 1. The number of nitrogens with zero attached hydrogens (tertiary/aromatic N) is 1. The zero-order valence-electron chi connectivity index (χ0n) is 11.3. The lowest BCUT2D eigenvalue weighted by Gasteiger charge is -2.18. The Hall–Kier alpha value is -2.01. The number of carbonyl (C=O) groups is 1. The second kappa shape index (κ2) is 5.96. The number of methoxy groups -OCH3 is 1. The third kappa shape index (κ3) is 3.11. The summed E-state index contributed by atoms with van der Waals surface area (Å²) in [6.45, 7) is 0. The van der Waals surface area contributed by atoms with Crippen molar-refractivity contribution in [3.05, 3.63) is 52.5 Å². The van der Waals surface area contributed by atoms with Crippen LogP contribution in [0.25, 0.3) is 0 Å². The summed E-state index contributed by atoms with van der Waals surface area (Å²) in [6.07, 6.45) is 0. The Kier molecular flexibility index (Phi) is 4.29. The first-order valence-electron chi connectivity index (χ1n) is 5.99. The van der Waals surface area contributed by atoms with E-state index in [9.17, 15) is 4.79 Å². The van der Waals surface area contributed by atoms with E-state index >= 15 is 0 Å². The predicted molar refractivity (Wildman–Crippen MR) is 84.3 cm³/mol. The number of amides is 1. The second-order valence-electron chi connectivity index (χ2n) is 4.34. The molecule has 0 bridgehead atoms. The number of halogens is 1. The Bertz CT molecular complexity index is 623. The SMILES string of the molecule is COc1cccc(N(C)C(=O)c2cc(N)cc(Br)c2)c1. The highest BCUT2D eigenvalue weighted by atomic mass is 79.9. The number of rotatable bonds is 3. The van der Waals surface area contributed by atoms with Gasteiger partial charge in [0.1, 0.15) is 5.75 Å². The van der Waals surface area contributed by atoms with E-state index in [0.29, 0.717) is 17.0 Å². The first kappa shape index (κ1) is 14.4. The van der Waals surface area contributed by atoms with Gasteiger partial charge in [-0.3, -0.25) is 4.79 Å². The molecule has 0 saturated carbocycles. The van der Waals surface area contributed by atoms with Gasteiger partial charge in [0.05, 0.1) is 7.11 Å². The van der Waals surface area contributed by atoms with E-state index in [1.807, 2.05) is 18.2 Å². The van der Waals surface area contributed by atoms with Crippen LogP contribution in [0.3, 0.4) is 0 Å². The number of ether oxygens (including phenoxy) is 1. The van der Waals surface area contributed by atoms with Gasteiger partial charge >= 0.3 is 0 Å². The number of nitrogens with two attached hydrogens (primary N) is 1. The number of carbonyl (C=O) groups excluding carboxylic acids is 1. The zero-order valence-corrected chi connectivity index (χ0v) is 12.8. The lowest BCUT2D eigenvalue weighted by molar-refractivity contribution is 0.0993. The van der Waals surface area contributed by atoms with Crippen molar-refractivity contribution in [2.45, 2.75) is 0 Å². The van der Waals surface area contributed by atoms with Crippen molar-refractivity contribution in [3.63, 3.8) is 0 Å². The number of nitrogen functional groups attached to an aromatic ring is 1. The fourth-order valence-corrected chi connectivity index (χ4v) is 2.38. The van der Waals surface area contributed by atoms with E-state index in [1.54, 1.807) is 43.3 Å². The molecule has 0 aromatic heterocycles. The molecule has 1 amide bonds. The van der Waals surface area contributed by atoms with Crippen molar-refractivity contribution in [3.8, 4) is 5.75 Å². The van der Waals surface area contributed by atoms with Crippen molar-refractivity contribution in [2.75, 3.05) is 24.8 Å². The van der Waals surface area contributed by atoms with Gasteiger partial charge in [0.2, 0.25) is 0 Å². The van der Waals surface area contributed by atoms with Gasteiger partial charge in [-0.2, -0.15) is 0 Å². The van der Waals surface area contributed by atoms with Gasteiger partial charge in [-0.15, -0.1) is 0 Å². The molecule has 2 aromatic rings. The number of anilines is 2. The van der Waals surface area contributed by atoms with Gasteiger partial charge in [-0.1, -0.05) is 22.0 Å². The van der Waals surface area contributed by atoms with Crippen molar-refractivity contribution >= 4 is 33.2 Å². The highest BCUT2D eigenvalue weighted by Gasteiger charge is 2.15. The van der Waals surface area contributed by atoms with E-state index < -0.39 is 0 Å². The molecule has 0 radical (unpaired) electrons. The van der Waals surface area contributed by atoms with Gasteiger partial charge in [0.25, 0.3) is 5.91 Å². The highest BCUT2D eigenvalue weighted by molar-refractivity contribution is 9.10. The molecule has 5 heteroatoms. The van der Waals surface area contributed by atoms with E-state index in [4.69, 9.17) is 10.5 Å². The third-order valence-corrected chi connectivity index (χ3v) is 3.37. The second-order valence-corrected chi connectivity index (χ2v) is 5.25. The molecule has 0 aliphatic heterocycles. The van der Waals surface area contributed by atoms with Crippen LogP contribution in [-0.4, -0.2) is 20.1 Å². The molecule has 0 saturated heterocycles. The molecule has 0 atom stereocenters. The van der Waals surface area contributed by atoms with Crippen molar-refractivity contribution in [1.82, 2.24) is 0 Å². The summed E-state index contributed by atoms with van der Waals surface area (Å²) in [7, 11) is 3.31. The minimum Gasteiger partial charge on any atom is -0.497 e. The minimum absolute atomic E-state index is 0.133. The highest BCUT2D eigenvalue weighted by Crippen LogP contribution is 2.23. The smallest absolute Gasteiger partial charge is 0.258 e. The van der Waals surface area contributed by atoms with Gasteiger partial charge in [0.15, 0.2) is 0 Å². The first-order valence-corrected chi connectivity index (χ1v) is 6.78. The molecular formula is C15H15BrN2O2. The largest absolute Gasteiger partial charge is 0.497 e. The van der Waals surface area contributed by atoms with Crippen LogP contribution in [0, 0.1) is 0 Å². The summed E-state index contributed by atoms with van der Waals surface area (Å²) >= 11 is 3.34. The summed E-state index contributed by atoms with van der Waals surface area (Å²) in [4.78, 5) is 14.0. The van der Waals surface area contributed by atoms with Gasteiger partial charge < -0.3 is 15.4 Å². The summed E-state index contributed by atoms with van der Waals surface area (Å²) in [5, 5.41) is 0. The Morgan fingerprint density at radius 1 is 1.25 bits per heavy atom. The fraction of sp³-hybridized carbons (Fsp3) is 0.133. The topological polar surface area (TPSA) is 55.6 Å². The Morgan fingerprint density at radius 3 is 2.65 bits per heavy atom. The van der Waals surface area contributed by atoms with Gasteiger partial charge in [-0.05, 0) is 30.3 Å². The maximum atomic E-state index is 12.5. The number of hydrogen-bond acceptors (Lipinski definition) is 3. The van der Waals surface area contributed by atoms with Crippen LogP contribution in [0.1, 0.15) is 10.4 Å². The Morgan fingerprint density at radius 2 is 2.00 bits per heavy atom. The van der Waals surface area contributed by atoms with E-state index in [1.165, 1.54) is 0 Å². The monoisotopic (exact) mass is 334 g/mol. The summed E-state index contributed by atoms with van der Waals surface area (Å²) in [5.41, 5.74) is 7.59. The fourth-order valence-electron chi connectivity index (χ4n) is 1.87.